The molecule has 0 spiro atoms. The van der Waals surface area contributed by atoms with Gasteiger partial charge in [-0.2, -0.15) is 0 Å². The smallest absolute Gasteiger partial charge is 0.145 e. The van der Waals surface area contributed by atoms with Gasteiger partial charge in [-0.25, -0.2) is 4.39 Å². The van der Waals surface area contributed by atoms with E-state index in [1.54, 1.807) is 24.5 Å². The van der Waals surface area contributed by atoms with Crippen molar-refractivity contribution in [3.63, 3.8) is 0 Å². The minimum Gasteiger partial charge on any atom is -0.457 e. The van der Waals surface area contributed by atoms with Gasteiger partial charge in [0.1, 0.15) is 17.3 Å². The van der Waals surface area contributed by atoms with Gasteiger partial charge in [0.15, 0.2) is 0 Å². The van der Waals surface area contributed by atoms with Crippen LogP contribution in [0.1, 0.15) is 18.9 Å². The Labute approximate surface area is 122 Å². The molecule has 0 bridgehead atoms. The van der Waals surface area contributed by atoms with Crippen LogP contribution in [0.15, 0.2) is 36.7 Å². The summed E-state index contributed by atoms with van der Waals surface area (Å²) in [4.78, 5) is 4.08. The Morgan fingerprint density at radius 2 is 2.20 bits per heavy atom. The zero-order valence-electron chi connectivity index (χ0n) is 11.2. The maximum absolute atomic E-state index is 13.4. The van der Waals surface area contributed by atoms with Crippen LogP contribution in [-0.2, 0) is 6.54 Å². The van der Waals surface area contributed by atoms with E-state index in [1.807, 2.05) is 0 Å². The molecule has 20 heavy (non-hydrogen) atoms. The molecule has 0 unspecified atom stereocenters. The van der Waals surface area contributed by atoms with Crippen LogP contribution in [0.2, 0.25) is 5.02 Å². The van der Waals surface area contributed by atoms with Crippen LogP contribution in [0, 0.1) is 5.82 Å². The third kappa shape index (κ3) is 3.92. The van der Waals surface area contributed by atoms with Crippen LogP contribution >= 0.6 is 11.6 Å². The quantitative estimate of drug-likeness (QED) is 0.812. The number of ether oxygens (including phenoxy) is 1. The third-order valence-electron chi connectivity index (χ3n) is 2.72. The highest BCUT2D eigenvalue weighted by Gasteiger charge is 2.07. The van der Waals surface area contributed by atoms with Crippen molar-refractivity contribution in [2.45, 2.75) is 19.9 Å². The number of nitrogens with zero attached hydrogens (tertiary/aromatic N) is 1. The van der Waals surface area contributed by atoms with E-state index in [0.29, 0.717) is 18.0 Å². The molecule has 1 aromatic carbocycles. The summed E-state index contributed by atoms with van der Waals surface area (Å²) >= 11 is 5.65. The first kappa shape index (κ1) is 14.8. The van der Waals surface area contributed by atoms with E-state index in [2.05, 4.69) is 17.2 Å². The fraction of sp³-hybridized carbons (Fsp3) is 0.267. The summed E-state index contributed by atoms with van der Waals surface area (Å²) in [6, 6.07) is 6.14. The van der Waals surface area contributed by atoms with Gasteiger partial charge in [-0.1, -0.05) is 18.5 Å². The van der Waals surface area contributed by atoms with Gasteiger partial charge in [0.2, 0.25) is 0 Å². The number of halogens is 2. The molecular formula is C15H16ClFN2O. The van der Waals surface area contributed by atoms with Crippen LogP contribution in [0.3, 0.4) is 0 Å². The van der Waals surface area contributed by atoms with Gasteiger partial charge in [0.25, 0.3) is 0 Å². The number of aromatic nitrogens is 1. The first-order valence-corrected chi connectivity index (χ1v) is 6.85. The van der Waals surface area contributed by atoms with E-state index in [9.17, 15) is 4.39 Å². The van der Waals surface area contributed by atoms with Crippen LogP contribution in [0.4, 0.5) is 4.39 Å². The maximum Gasteiger partial charge on any atom is 0.145 e. The Balaban J connectivity index is 2.13. The lowest BCUT2D eigenvalue weighted by atomic mass is 10.2. The average molecular weight is 295 g/mol. The number of hydrogen-bond acceptors (Lipinski definition) is 3. The fourth-order valence-electron chi connectivity index (χ4n) is 1.71. The molecule has 1 N–H and O–H groups in total. The predicted octanol–water partition coefficient (Wildman–Crippen LogP) is 4.17. The predicted molar refractivity (Wildman–Crippen MR) is 77.7 cm³/mol. The number of pyridine rings is 1. The van der Waals surface area contributed by atoms with Crippen molar-refractivity contribution in [2.75, 3.05) is 6.54 Å². The van der Waals surface area contributed by atoms with Crippen molar-refractivity contribution < 1.29 is 9.13 Å². The molecule has 2 rings (SSSR count). The van der Waals surface area contributed by atoms with Crippen molar-refractivity contribution in [1.29, 1.82) is 0 Å². The molecule has 0 aliphatic carbocycles. The number of nitrogens with one attached hydrogen (secondary N) is 1. The molecule has 0 amide bonds. The molecule has 1 aromatic heterocycles. The SMILES string of the molecule is CCCNCc1cnccc1Oc1ccc(Cl)c(F)c1. The van der Waals surface area contributed by atoms with E-state index in [0.717, 1.165) is 18.5 Å². The molecule has 3 nitrogen and oxygen atoms in total. The lowest BCUT2D eigenvalue weighted by Gasteiger charge is -2.11. The Bertz CT molecular complexity index is 578. The molecule has 106 valence electrons. The number of benzene rings is 1. The first-order chi connectivity index (χ1) is 9.70. The number of rotatable bonds is 6. The Morgan fingerprint density at radius 1 is 1.35 bits per heavy atom. The topological polar surface area (TPSA) is 34.2 Å². The molecule has 0 saturated heterocycles. The fourth-order valence-corrected chi connectivity index (χ4v) is 1.83. The maximum atomic E-state index is 13.4. The standard InChI is InChI=1S/C15H16ClFN2O/c1-2-6-18-9-11-10-19-7-5-15(11)20-12-3-4-13(16)14(17)8-12/h3-5,7-8,10,18H,2,6,9H2,1H3. The van der Waals surface area contributed by atoms with Crippen molar-refractivity contribution in [3.8, 4) is 11.5 Å². The van der Waals surface area contributed by atoms with Crippen LogP contribution in [0.5, 0.6) is 11.5 Å². The van der Waals surface area contributed by atoms with Crippen molar-refractivity contribution >= 4 is 11.6 Å². The molecule has 0 atom stereocenters. The van der Waals surface area contributed by atoms with Crippen molar-refractivity contribution in [2.24, 2.45) is 0 Å². The second-order valence-corrected chi connectivity index (χ2v) is 4.75. The van der Waals surface area contributed by atoms with Crippen molar-refractivity contribution in [1.82, 2.24) is 10.3 Å². The Hall–Kier alpha value is -1.65. The van der Waals surface area contributed by atoms with Crippen molar-refractivity contribution in [3.05, 3.63) is 53.1 Å². The zero-order chi connectivity index (χ0) is 14.4. The molecule has 0 saturated carbocycles. The van der Waals surface area contributed by atoms with E-state index in [-0.39, 0.29) is 5.02 Å². The molecule has 0 aliphatic rings. The summed E-state index contributed by atoms with van der Waals surface area (Å²) in [6.45, 7) is 3.68. The van der Waals surface area contributed by atoms with E-state index in [4.69, 9.17) is 16.3 Å². The summed E-state index contributed by atoms with van der Waals surface area (Å²) in [5.41, 5.74) is 0.927. The van der Waals surface area contributed by atoms with Gasteiger partial charge >= 0.3 is 0 Å². The molecule has 1 heterocycles. The van der Waals surface area contributed by atoms with Gasteiger partial charge in [-0.15, -0.1) is 0 Å². The monoisotopic (exact) mass is 294 g/mol. The average Bonchev–Trinajstić information content (AvgIpc) is 2.45. The lowest BCUT2D eigenvalue weighted by molar-refractivity contribution is 0.466. The zero-order valence-corrected chi connectivity index (χ0v) is 12.0. The summed E-state index contributed by atoms with van der Waals surface area (Å²) in [7, 11) is 0. The minimum absolute atomic E-state index is 0.0805. The summed E-state index contributed by atoms with van der Waals surface area (Å²) in [5, 5.41) is 3.36. The Kier molecular flexibility index (Phi) is 5.32. The van der Waals surface area contributed by atoms with Gasteiger partial charge in [0, 0.05) is 30.6 Å². The summed E-state index contributed by atoms with van der Waals surface area (Å²) in [6.07, 6.45) is 4.44. The van der Waals surface area contributed by atoms with E-state index < -0.39 is 5.82 Å². The van der Waals surface area contributed by atoms with Gasteiger partial charge < -0.3 is 10.1 Å². The van der Waals surface area contributed by atoms with Gasteiger partial charge in [-0.3, -0.25) is 4.98 Å². The highest BCUT2D eigenvalue weighted by molar-refractivity contribution is 6.30. The largest absolute Gasteiger partial charge is 0.457 e. The summed E-state index contributed by atoms with van der Waals surface area (Å²) in [5.74, 6) is 0.573. The second-order valence-electron chi connectivity index (χ2n) is 4.34. The molecular weight excluding hydrogens is 279 g/mol. The first-order valence-electron chi connectivity index (χ1n) is 6.47. The lowest BCUT2D eigenvalue weighted by Crippen LogP contribution is -2.14. The normalized spacial score (nSPS) is 10.6. The van der Waals surface area contributed by atoms with Gasteiger partial charge in [0.05, 0.1) is 5.02 Å². The highest BCUT2D eigenvalue weighted by Crippen LogP contribution is 2.27. The third-order valence-corrected chi connectivity index (χ3v) is 3.03. The molecule has 0 fully saturated rings. The molecule has 2 aromatic rings. The summed E-state index contributed by atoms with van der Waals surface area (Å²) < 4.78 is 19.1. The Morgan fingerprint density at radius 3 is 2.95 bits per heavy atom. The van der Waals surface area contributed by atoms with Crippen LogP contribution < -0.4 is 10.1 Å². The van der Waals surface area contributed by atoms with E-state index >= 15 is 0 Å². The molecule has 0 radical (unpaired) electrons. The van der Waals surface area contributed by atoms with Crippen LogP contribution in [0.25, 0.3) is 0 Å². The molecule has 5 heteroatoms. The second kappa shape index (κ2) is 7.22. The highest BCUT2D eigenvalue weighted by atomic mass is 35.5. The minimum atomic E-state index is -0.496. The van der Waals surface area contributed by atoms with Gasteiger partial charge in [-0.05, 0) is 31.2 Å². The number of hydrogen-bond donors (Lipinski definition) is 1. The van der Waals surface area contributed by atoms with Crippen LogP contribution in [-0.4, -0.2) is 11.5 Å². The van der Waals surface area contributed by atoms with E-state index in [1.165, 1.54) is 12.1 Å². The molecule has 0 aliphatic heterocycles.